The number of methoxy groups -OCH3 is 1. The van der Waals surface area contributed by atoms with Crippen molar-refractivity contribution >= 4 is 24.5 Å². The maximum atomic E-state index is 13.6. The van der Waals surface area contributed by atoms with Gasteiger partial charge in [-0.05, 0) is 31.7 Å². The van der Waals surface area contributed by atoms with Crippen LogP contribution in [0, 0.1) is 0 Å². The Bertz CT molecular complexity index is 635. The largest absolute Gasteiger partial charge is 0.396 e. The molecule has 0 amide bonds. The van der Waals surface area contributed by atoms with E-state index in [9.17, 15) is 17.8 Å². The molecule has 0 aromatic carbocycles. The molecule has 1 N–H and O–H groups in total. The third-order valence-electron chi connectivity index (χ3n) is 6.81. The van der Waals surface area contributed by atoms with E-state index in [1.54, 1.807) is 0 Å². The molecule has 30 heavy (non-hydrogen) atoms. The molecule has 7 nitrogen and oxygen atoms in total. The molecule has 0 spiro atoms. The molecule has 1 saturated heterocycles. The molecule has 1 rings (SSSR count). The van der Waals surface area contributed by atoms with Crippen LogP contribution in [-0.4, -0.2) is 58.6 Å². The third-order valence-corrected chi connectivity index (χ3v) is 13.1. The quantitative estimate of drug-likeness (QED) is 0.214. The fraction of sp³-hybridized carbons (Fsp3) is 0.952. The Labute approximate surface area is 184 Å². The van der Waals surface area contributed by atoms with E-state index in [0.29, 0.717) is 25.3 Å². The van der Waals surface area contributed by atoms with Gasteiger partial charge in [-0.3, -0.25) is 9.35 Å². The Morgan fingerprint density at radius 2 is 1.53 bits per heavy atom. The van der Waals surface area contributed by atoms with Crippen LogP contribution in [-0.2, 0) is 28.5 Å². The molecule has 0 aliphatic carbocycles. The highest BCUT2D eigenvalue weighted by Gasteiger charge is 2.76. The molecule has 0 aromatic rings. The van der Waals surface area contributed by atoms with Crippen molar-refractivity contribution in [3.05, 3.63) is 0 Å². The third kappa shape index (κ3) is 5.01. The minimum atomic E-state index is -4.77. The Kier molecular flexibility index (Phi) is 11.1. The standard InChI is InChI=1S/C21H42O7SSi/c1-6-8-9-10-11-12-13-15-19(22)20(29(23,24)25)17-14-18-30(27-4,28-5)21(20,26-3)16-7-2/h6-18H2,1-5H3,(H,23,24,25). The summed E-state index contributed by atoms with van der Waals surface area (Å²) in [6.07, 6.45) is 8.54. The topological polar surface area (TPSA) is 99.1 Å². The molecule has 0 radical (unpaired) electrons. The fourth-order valence-electron chi connectivity index (χ4n) is 5.36. The van der Waals surface area contributed by atoms with Crippen LogP contribution in [0.4, 0.5) is 0 Å². The lowest BCUT2D eigenvalue weighted by Gasteiger charge is -2.56. The normalized spacial score (nSPS) is 26.6. The lowest BCUT2D eigenvalue weighted by Crippen LogP contribution is -2.79. The van der Waals surface area contributed by atoms with E-state index >= 15 is 0 Å². The Hall–Kier alpha value is -0.323. The van der Waals surface area contributed by atoms with E-state index < -0.39 is 34.4 Å². The summed E-state index contributed by atoms with van der Waals surface area (Å²) in [7, 11) is -3.69. The summed E-state index contributed by atoms with van der Waals surface area (Å²) in [5, 5.41) is -1.50. The van der Waals surface area contributed by atoms with E-state index in [-0.39, 0.29) is 19.3 Å². The van der Waals surface area contributed by atoms with Gasteiger partial charge in [0.2, 0.25) is 0 Å². The van der Waals surface area contributed by atoms with Gasteiger partial charge in [-0.2, -0.15) is 8.42 Å². The summed E-state index contributed by atoms with van der Waals surface area (Å²) >= 11 is 0. The molecule has 2 atom stereocenters. The van der Waals surface area contributed by atoms with Gasteiger partial charge < -0.3 is 13.6 Å². The SMILES string of the molecule is CCCCCCCCCC(=O)C1(S(=O)(=O)O)CCC[Si](OC)(OC)C1(CCC)OC. The molecule has 178 valence electrons. The molecule has 2 unspecified atom stereocenters. The van der Waals surface area contributed by atoms with Gasteiger partial charge in [0.05, 0.1) is 0 Å². The molecule has 1 aliphatic rings. The van der Waals surface area contributed by atoms with E-state index in [4.69, 9.17) is 13.6 Å². The summed E-state index contributed by atoms with van der Waals surface area (Å²) < 4.78 is 51.8. The number of carbonyl (C=O) groups excluding carboxylic acids is 1. The highest BCUT2D eigenvalue weighted by atomic mass is 32.2. The van der Waals surface area contributed by atoms with Crippen LogP contribution in [0.25, 0.3) is 0 Å². The van der Waals surface area contributed by atoms with Gasteiger partial charge in [0.15, 0.2) is 10.5 Å². The van der Waals surface area contributed by atoms with Crippen molar-refractivity contribution in [1.82, 2.24) is 0 Å². The maximum absolute atomic E-state index is 13.6. The summed E-state index contributed by atoms with van der Waals surface area (Å²) in [6.45, 7) is 4.06. The first kappa shape index (κ1) is 27.7. The van der Waals surface area contributed by atoms with Crippen molar-refractivity contribution in [2.75, 3.05) is 21.3 Å². The van der Waals surface area contributed by atoms with E-state index in [2.05, 4.69) is 6.92 Å². The van der Waals surface area contributed by atoms with Crippen molar-refractivity contribution in [1.29, 1.82) is 0 Å². The smallest absolute Gasteiger partial charge is 0.373 e. The first-order valence-corrected chi connectivity index (χ1v) is 14.8. The van der Waals surface area contributed by atoms with E-state index in [1.807, 2.05) is 6.92 Å². The number of ether oxygens (including phenoxy) is 1. The van der Waals surface area contributed by atoms with Crippen LogP contribution in [0.5, 0.6) is 0 Å². The number of Topliss-reactive ketones (excluding diaryl/α,β-unsaturated/α-hetero) is 1. The van der Waals surface area contributed by atoms with E-state index in [0.717, 1.165) is 19.3 Å². The van der Waals surface area contributed by atoms with Gasteiger partial charge >= 0.3 is 8.56 Å². The fourth-order valence-corrected chi connectivity index (χ4v) is 11.7. The van der Waals surface area contributed by atoms with Crippen molar-refractivity contribution < 1.29 is 31.4 Å². The number of hydrogen-bond acceptors (Lipinski definition) is 6. The minimum Gasteiger partial charge on any atom is -0.396 e. The Morgan fingerprint density at radius 3 is 2.00 bits per heavy atom. The maximum Gasteiger partial charge on any atom is 0.373 e. The van der Waals surface area contributed by atoms with Crippen LogP contribution in [0.2, 0.25) is 6.04 Å². The first-order chi connectivity index (χ1) is 14.2. The molecule has 1 heterocycles. The van der Waals surface area contributed by atoms with Gasteiger partial charge in [-0.25, -0.2) is 0 Å². The molecular formula is C21H42O7SSi. The zero-order valence-corrected chi connectivity index (χ0v) is 21.3. The highest BCUT2D eigenvalue weighted by Crippen LogP contribution is 2.53. The molecule has 9 heteroatoms. The van der Waals surface area contributed by atoms with Crippen molar-refractivity contribution in [2.24, 2.45) is 0 Å². The van der Waals surface area contributed by atoms with Crippen molar-refractivity contribution in [2.45, 2.75) is 107 Å². The lowest BCUT2D eigenvalue weighted by atomic mass is 9.84. The Morgan fingerprint density at radius 1 is 0.967 bits per heavy atom. The number of hydrogen-bond donors (Lipinski definition) is 1. The van der Waals surface area contributed by atoms with Gasteiger partial charge in [0.25, 0.3) is 10.1 Å². The number of carbonyl (C=O) groups is 1. The second-order valence-electron chi connectivity index (χ2n) is 8.39. The zero-order chi connectivity index (χ0) is 22.9. The van der Waals surface area contributed by atoms with Crippen molar-refractivity contribution in [3.63, 3.8) is 0 Å². The number of ketones is 1. The molecule has 1 fully saturated rings. The summed E-state index contributed by atoms with van der Waals surface area (Å²) in [5.74, 6) is -0.473. The summed E-state index contributed by atoms with van der Waals surface area (Å²) in [6, 6.07) is 0.510. The van der Waals surface area contributed by atoms with Gasteiger partial charge in [0, 0.05) is 27.8 Å². The average Bonchev–Trinajstić information content (AvgIpc) is 2.72. The van der Waals surface area contributed by atoms with Crippen LogP contribution in [0.1, 0.15) is 90.9 Å². The number of unbranched alkanes of at least 4 members (excludes halogenated alkanes) is 6. The molecule has 0 saturated carbocycles. The van der Waals surface area contributed by atoms with Crippen molar-refractivity contribution in [3.8, 4) is 0 Å². The number of rotatable bonds is 15. The first-order valence-electron chi connectivity index (χ1n) is 11.3. The van der Waals surface area contributed by atoms with Gasteiger partial charge in [0.1, 0.15) is 5.22 Å². The van der Waals surface area contributed by atoms with Gasteiger partial charge in [-0.15, -0.1) is 0 Å². The monoisotopic (exact) mass is 466 g/mol. The molecule has 0 aromatic heterocycles. The molecular weight excluding hydrogens is 424 g/mol. The van der Waals surface area contributed by atoms with E-state index in [1.165, 1.54) is 40.6 Å². The Balaban J connectivity index is 3.26. The average molecular weight is 467 g/mol. The molecule has 1 aliphatic heterocycles. The summed E-state index contributed by atoms with van der Waals surface area (Å²) in [4.78, 5) is 13.6. The predicted molar refractivity (Wildman–Crippen MR) is 120 cm³/mol. The van der Waals surface area contributed by atoms with Crippen LogP contribution in [0.3, 0.4) is 0 Å². The zero-order valence-electron chi connectivity index (χ0n) is 19.5. The predicted octanol–water partition coefficient (Wildman–Crippen LogP) is 4.58. The lowest BCUT2D eigenvalue weighted by molar-refractivity contribution is -0.132. The second kappa shape index (κ2) is 12.1. The van der Waals surface area contributed by atoms with Crippen LogP contribution >= 0.6 is 0 Å². The second-order valence-corrected chi connectivity index (χ2v) is 13.7. The van der Waals surface area contributed by atoms with Crippen LogP contribution in [0.15, 0.2) is 0 Å². The van der Waals surface area contributed by atoms with Gasteiger partial charge in [-0.1, -0.05) is 58.8 Å². The highest BCUT2D eigenvalue weighted by molar-refractivity contribution is 7.88. The summed E-state index contributed by atoms with van der Waals surface area (Å²) in [5.41, 5.74) is 0. The minimum absolute atomic E-state index is 0.0243. The van der Waals surface area contributed by atoms with Crippen LogP contribution < -0.4 is 0 Å². The molecule has 0 bridgehead atoms.